The highest BCUT2D eigenvalue weighted by Gasteiger charge is 2.03. The van der Waals surface area contributed by atoms with Gasteiger partial charge in [-0.25, -0.2) is 0 Å². The van der Waals surface area contributed by atoms with Crippen LogP contribution < -0.4 is 5.32 Å². The Balaban J connectivity index is 2.22. The van der Waals surface area contributed by atoms with E-state index in [0.29, 0.717) is 6.04 Å². The Morgan fingerprint density at radius 2 is 2.21 bits per heavy atom. The van der Waals surface area contributed by atoms with Crippen molar-refractivity contribution in [3.05, 3.63) is 11.9 Å². The summed E-state index contributed by atoms with van der Waals surface area (Å²) in [7, 11) is 2.09. The lowest BCUT2D eigenvalue weighted by atomic mass is 10.3. The Morgan fingerprint density at radius 3 is 2.89 bits per heavy atom. The minimum Gasteiger partial charge on any atom is -0.380 e. The topological polar surface area (TPSA) is 55.2 Å². The first-order chi connectivity index (χ1) is 9.11. The molecule has 0 aliphatic rings. The van der Waals surface area contributed by atoms with Crippen LogP contribution in [0.5, 0.6) is 0 Å². The van der Waals surface area contributed by atoms with Crippen molar-refractivity contribution < 1.29 is 4.74 Å². The van der Waals surface area contributed by atoms with Gasteiger partial charge in [0.1, 0.15) is 0 Å². The fourth-order valence-electron chi connectivity index (χ4n) is 1.59. The average molecular weight is 269 g/mol. The van der Waals surface area contributed by atoms with Crippen LogP contribution in [-0.4, -0.2) is 59.3 Å². The molecule has 0 unspecified atom stereocenters. The van der Waals surface area contributed by atoms with Crippen LogP contribution in [0, 0.1) is 0 Å². The molecule has 110 valence electrons. The van der Waals surface area contributed by atoms with Crippen molar-refractivity contribution in [3.8, 4) is 0 Å². The summed E-state index contributed by atoms with van der Waals surface area (Å²) in [6.45, 7) is 11.4. The van der Waals surface area contributed by atoms with Crippen molar-refractivity contribution in [2.24, 2.45) is 0 Å². The zero-order valence-electron chi connectivity index (χ0n) is 12.6. The Labute approximate surface area is 116 Å². The molecule has 0 aliphatic carbocycles. The van der Waals surface area contributed by atoms with Crippen molar-refractivity contribution >= 4 is 0 Å². The Bertz CT molecular complexity index is 340. The molecule has 19 heavy (non-hydrogen) atoms. The molecule has 0 saturated carbocycles. The van der Waals surface area contributed by atoms with Gasteiger partial charge in [-0.15, -0.1) is 5.10 Å². The first kappa shape index (κ1) is 16.1. The quantitative estimate of drug-likeness (QED) is 0.635. The second-order valence-electron chi connectivity index (χ2n) is 5.01. The molecule has 0 aliphatic heterocycles. The second kappa shape index (κ2) is 9.01. The standard InChI is InChI=1S/C13H27N5O/c1-5-19-9-8-17(4)6-7-18-11-13(15-16-18)10-14-12(2)3/h11-12,14H,5-10H2,1-4H3. The molecule has 0 spiro atoms. The molecule has 1 heterocycles. The number of nitrogens with one attached hydrogen (secondary N) is 1. The molecule has 1 rings (SSSR count). The maximum atomic E-state index is 5.33. The molecule has 1 aromatic rings. The highest BCUT2D eigenvalue weighted by Crippen LogP contribution is 1.95. The van der Waals surface area contributed by atoms with Gasteiger partial charge in [0.15, 0.2) is 0 Å². The van der Waals surface area contributed by atoms with Crippen LogP contribution in [0.1, 0.15) is 26.5 Å². The number of aromatic nitrogens is 3. The summed E-state index contributed by atoms with van der Waals surface area (Å²) < 4.78 is 7.23. The predicted molar refractivity (Wildman–Crippen MR) is 76.0 cm³/mol. The maximum absolute atomic E-state index is 5.33. The van der Waals surface area contributed by atoms with E-state index < -0.39 is 0 Å². The van der Waals surface area contributed by atoms with E-state index in [-0.39, 0.29) is 0 Å². The maximum Gasteiger partial charge on any atom is 0.0964 e. The first-order valence-corrected chi connectivity index (χ1v) is 7.00. The monoisotopic (exact) mass is 269 g/mol. The van der Waals surface area contributed by atoms with E-state index in [2.05, 4.69) is 41.4 Å². The van der Waals surface area contributed by atoms with Gasteiger partial charge < -0.3 is 15.0 Å². The first-order valence-electron chi connectivity index (χ1n) is 7.00. The van der Waals surface area contributed by atoms with E-state index in [1.54, 1.807) is 0 Å². The van der Waals surface area contributed by atoms with E-state index in [1.165, 1.54) is 0 Å². The van der Waals surface area contributed by atoms with Crippen molar-refractivity contribution in [2.45, 2.75) is 39.9 Å². The van der Waals surface area contributed by atoms with Gasteiger partial charge in [0.25, 0.3) is 0 Å². The van der Waals surface area contributed by atoms with Crippen LogP contribution in [-0.2, 0) is 17.8 Å². The normalized spacial score (nSPS) is 11.7. The summed E-state index contributed by atoms with van der Waals surface area (Å²) in [6, 6.07) is 0.467. The van der Waals surface area contributed by atoms with Crippen LogP contribution in [0.3, 0.4) is 0 Å². The number of nitrogens with zero attached hydrogens (tertiary/aromatic N) is 4. The summed E-state index contributed by atoms with van der Waals surface area (Å²) >= 11 is 0. The lowest BCUT2D eigenvalue weighted by Gasteiger charge is -2.15. The third-order valence-corrected chi connectivity index (χ3v) is 2.81. The highest BCUT2D eigenvalue weighted by atomic mass is 16.5. The zero-order chi connectivity index (χ0) is 14.1. The van der Waals surface area contributed by atoms with Crippen molar-refractivity contribution in [1.82, 2.24) is 25.2 Å². The number of ether oxygens (including phenoxy) is 1. The van der Waals surface area contributed by atoms with Crippen LogP contribution in [0.25, 0.3) is 0 Å². The van der Waals surface area contributed by atoms with Gasteiger partial charge in [-0.05, 0) is 14.0 Å². The van der Waals surface area contributed by atoms with Crippen molar-refractivity contribution in [3.63, 3.8) is 0 Å². The van der Waals surface area contributed by atoms with Crippen LogP contribution >= 0.6 is 0 Å². The van der Waals surface area contributed by atoms with Gasteiger partial charge in [0.2, 0.25) is 0 Å². The third-order valence-electron chi connectivity index (χ3n) is 2.81. The van der Waals surface area contributed by atoms with Gasteiger partial charge >= 0.3 is 0 Å². The van der Waals surface area contributed by atoms with E-state index in [1.807, 2.05) is 17.8 Å². The predicted octanol–water partition coefficient (Wildman–Crippen LogP) is 0.744. The lowest BCUT2D eigenvalue weighted by Crippen LogP contribution is -2.27. The summed E-state index contributed by atoms with van der Waals surface area (Å²) in [4.78, 5) is 2.24. The number of hydrogen-bond acceptors (Lipinski definition) is 5. The minimum atomic E-state index is 0.467. The molecule has 1 aromatic heterocycles. The van der Waals surface area contributed by atoms with Gasteiger partial charge in [0, 0.05) is 38.5 Å². The van der Waals surface area contributed by atoms with Gasteiger partial charge in [-0.2, -0.15) is 0 Å². The molecule has 0 amide bonds. The lowest BCUT2D eigenvalue weighted by molar-refractivity contribution is 0.120. The van der Waals surface area contributed by atoms with E-state index in [0.717, 1.165) is 45.1 Å². The molecule has 0 aromatic carbocycles. The molecule has 6 heteroatoms. The van der Waals surface area contributed by atoms with Gasteiger partial charge in [-0.1, -0.05) is 19.1 Å². The third kappa shape index (κ3) is 7.25. The number of likely N-dealkylation sites (N-methyl/N-ethyl adjacent to an activating group) is 1. The molecular weight excluding hydrogens is 242 g/mol. The number of hydrogen-bond donors (Lipinski definition) is 1. The smallest absolute Gasteiger partial charge is 0.0964 e. The average Bonchev–Trinajstić information content (AvgIpc) is 2.82. The highest BCUT2D eigenvalue weighted by molar-refractivity contribution is 4.91. The molecule has 0 fully saturated rings. The fraction of sp³-hybridized carbons (Fsp3) is 0.846. The number of rotatable bonds is 10. The Morgan fingerprint density at radius 1 is 1.42 bits per heavy atom. The summed E-state index contributed by atoms with van der Waals surface area (Å²) in [5, 5.41) is 11.6. The Kier molecular flexibility index (Phi) is 7.62. The van der Waals surface area contributed by atoms with Crippen LogP contribution in [0.4, 0.5) is 0 Å². The van der Waals surface area contributed by atoms with Crippen LogP contribution in [0.15, 0.2) is 6.20 Å². The summed E-state index contributed by atoms with van der Waals surface area (Å²) in [5.41, 5.74) is 0.991. The Hall–Kier alpha value is -0.980. The summed E-state index contributed by atoms with van der Waals surface area (Å²) in [5.74, 6) is 0. The van der Waals surface area contributed by atoms with E-state index >= 15 is 0 Å². The SMILES string of the molecule is CCOCCN(C)CCn1cc(CNC(C)C)nn1. The van der Waals surface area contributed by atoms with Crippen molar-refractivity contribution in [2.75, 3.05) is 33.4 Å². The van der Waals surface area contributed by atoms with E-state index in [4.69, 9.17) is 4.74 Å². The van der Waals surface area contributed by atoms with Gasteiger partial charge in [-0.3, -0.25) is 4.68 Å². The van der Waals surface area contributed by atoms with Gasteiger partial charge in [0.05, 0.1) is 18.8 Å². The molecule has 0 bridgehead atoms. The molecule has 1 N–H and O–H groups in total. The largest absolute Gasteiger partial charge is 0.380 e. The van der Waals surface area contributed by atoms with E-state index in [9.17, 15) is 0 Å². The minimum absolute atomic E-state index is 0.467. The second-order valence-corrected chi connectivity index (χ2v) is 5.01. The summed E-state index contributed by atoms with van der Waals surface area (Å²) in [6.07, 6.45) is 2.01. The molecule has 0 radical (unpaired) electrons. The molecule has 6 nitrogen and oxygen atoms in total. The molecule has 0 atom stereocenters. The fourth-order valence-corrected chi connectivity index (χ4v) is 1.59. The van der Waals surface area contributed by atoms with Crippen LogP contribution in [0.2, 0.25) is 0 Å². The molecular formula is C13H27N5O. The molecule has 0 saturated heterocycles. The van der Waals surface area contributed by atoms with Crippen molar-refractivity contribution in [1.29, 1.82) is 0 Å². The zero-order valence-corrected chi connectivity index (χ0v) is 12.6.